The fraction of sp³-hybridized carbons (Fsp3) is 0.667. The van der Waals surface area contributed by atoms with Crippen molar-refractivity contribution in [1.29, 1.82) is 0 Å². The Balaban J connectivity index is 2.19. The van der Waals surface area contributed by atoms with Crippen LogP contribution in [0.4, 0.5) is 0 Å². The van der Waals surface area contributed by atoms with Crippen LogP contribution in [0.25, 0.3) is 0 Å². The van der Waals surface area contributed by atoms with Gasteiger partial charge in [0.25, 0.3) is 0 Å². The van der Waals surface area contributed by atoms with E-state index >= 15 is 0 Å². The van der Waals surface area contributed by atoms with Crippen LogP contribution in [0.15, 0.2) is 11.4 Å². The van der Waals surface area contributed by atoms with E-state index in [0.717, 1.165) is 4.88 Å². The van der Waals surface area contributed by atoms with Crippen LogP contribution >= 0.6 is 11.3 Å². The molecule has 1 aliphatic heterocycles. The standard InChI is InChI=1S/C12H20BNO2S/c1-8-6-7-17-9(8)10(14)13-15-11(2,3)12(4,5)16-13/h6-7,10H,14H2,1-5H3/t10-/m0/s1. The number of rotatable bonds is 2. The second-order valence-corrected chi connectivity index (χ2v) is 6.57. The maximum atomic E-state index is 6.25. The van der Waals surface area contributed by atoms with Gasteiger partial charge in [-0.2, -0.15) is 0 Å². The monoisotopic (exact) mass is 253 g/mol. The summed E-state index contributed by atoms with van der Waals surface area (Å²) in [4.78, 5) is 1.14. The molecule has 1 saturated heterocycles. The lowest BCUT2D eigenvalue weighted by atomic mass is 9.77. The highest BCUT2D eigenvalue weighted by Gasteiger charge is 2.53. The molecule has 1 aliphatic rings. The second-order valence-electron chi connectivity index (χ2n) is 5.62. The minimum Gasteiger partial charge on any atom is -0.402 e. The first kappa shape index (κ1) is 13.1. The van der Waals surface area contributed by atoms with Crippen molar-refractivity contribution in [3.8, 4) is 0 Å². The Labute approximate surface area is 107 Å². The summed E-state index contributed by atoms with van der Waals surface area (Å²) in [5.41, 5.74) is 6.82. The number of thiophene rings is 1. The van der Waals surface area contributed by atoms with Gasteiger partial charge in [0, 0.05) is 4.88 Å². The lowest BCUT2D eigenvalue weighted by molar-refractivity contribution is 0.00578. The van der Waals surface area contributed by atoms with E-state index in [-0.39, 0.29) is 24.3 Å². The highest BCUT2D eigenvalue weighted by Crippen LogP contribution is 2.40. The third-order valence-electron chi connectivity index (χ3n) is 3.77. The molecule has 17 heavy (non-hydrogen) atoms. The van der Waals surface area contributed by atoms with E-state index in [0.29, 0.717) is 0 Å². The van der Waals surface area contributed by atoms with Gasteiger partial charge in [0.15, 0.2) is 0 Å². The Morgan fingerprint density at radius 3 is 2.18 bits per heavy atom. The summed E-state index contributed by atoms with van der Waals surface area (Å²) in [5.74, 6) is -0.212. The SMILES string of the molecule is Cc1ccsc1[C@H](N)B1OC(C)(C)C(C)(C)O1. The van der Waals surface area contributed by atoms with Gasteiger partial charge in [-0.05, 0) is 51.6 Å². The molecule has 0 saturated carbocycles. The highest BCUT2D eigenvalue weighted by atomic mass is 32.1. The zero-order valence-electron chi connectivity index (χ0n) is 11.1. The average molecular weight is 253 g/mol. The number of hydrogen-bond donors (Lipinski definition) is 1. The molecule has 2 N–H and O–H groups in total. The molecule has 0 spiro atoms. The van der Waals surface area contributed by atoms with Crippen LogP contribution in [0.2, 0.25) is 0 Å². The molecule has 1 atom stereocenters. The summed E-state index contributed by atoms with van der Waals surface area (Å²) < 4.78 is 11.9. The molecule has 5 heteroatoms. The topological polar surface area (TPSA) is 44.5 Å². The fourth-order valence-corrected chi connectivity index (χ4v) is 2.83. The molecule has 1 aromatic rings. The van der Waals surface area contributed by atoms with E-state index in [1.54, 1.807) is 11.3 Å². The average Bonchev–Trinajstić information content (AvgIpc) is 2.68. The van der Waals surface area contributed by atoms with Gasteiger partial charge < -0.3 is 15.0 Å². The van der Waals surface area contributed by atoms with Gasteiger partial charge in [0.1, 0.15) is 0 Å². The molecular formula is C12H20BNO2S. The van der Waals surface area contributed by atoms with Crippen molar-refractivity contribution in [3.63, 3.8) is 0 Å². The van der Waals surface area contributed by atoms with Crippen molar-refractivity contribution in [1.82, 2.24) is 0 Å². The van der Waals surface area contributed by atoms with E-state index in [1.807, 2.05) is 27.7 Å². The second kappa shape index (κ2) is 4.09. The molecule has 1 aromatic heterocycles. The van der Waals surface area contributed by atoms with Crippen molar-refractivity contribution in [2.45, 2.75) is 51.8 Å². The van der Waals surface area contributed by atoms with Crippen LogP contribution < -0.4 is 5.73 Å². The number of hydrogen-bond acceptors (Lipinski definition) is 4. The first-order chi connectivity index (χ1) is 7.74. The Hall–Kier alpha value is -0.355. The van der Waals surface area contributed by atoms with Gasteiger partial charge in [0.2, 0.25) is 0 Å². The molecule has 0 aromatic carbocycles. The van der Waals surface area contributed by atoms with E-state index < -0.39 is 0 Å². The van der Waals surface area contributed by atoms with Gasteiger partial charge in [-0.3, -0.25) is 0 Å². The molecular weight excluding hydrogens is 233 g/mol. The molecule has 3 nitrogen and oxygen atoms in total. The lowest BCUT2D eigenvalue weighted by Gasteiger charge is -2.32. The lowest BCUT2D eigenvalue weighted by Crippen LogP contribution is -2.41. The molecule has 0 radical (unpaired) electrons. The number of nitrogens with two attached hydrogens (primary N) is 1. The zero-order chi connectivity index (χ0) is 12.8. The van der Waals surface area contributed by atoms with Crippen LogP contribution in [0.3, 0.4) is 0 Å². The first-order valence-electron chi connectivity index (χ1n) is 5.90. The maximum absolute atomic E-state index is 6.25. The molecule has 2 heterocycles. The normalized spacial score (nSPS) is 24.0. The Bertz CT molecular complexity index is 400. The molecule has 94 valence electrons. The van der Waals surface area contributed by atoms with E-state index in [4.69, 9.17) is 15.0 Å². The fourth-order valence-electron chi connectivity index (χ4n) is 1.88. The summed E-state index contributed by atoms with van der Waals surface area (Å²) in [6.45, 7) is 10.2. The van der Waals surface area contributed by atoms with Crippen LogP contribution in [-0.2, 0) is 9.31 Å². The third-order valence-corrected chi connectivity index (χ3v) is 4.89. The van der Waals surface area contributed by atoms with Crippen molar-refractivity contribution in [2.24, 2.45) is 5.73 Å². The van der Waals surface area contributed by atoms with Gasteiger partial charge in [-0.1, -0.05) is 0 Å². The van der Waals surface area contributed by atoms with Gasteiger partial charge >= 0.3 is 7.12 Å². The Morgan fingerprint density at radius 2 is 1.76 bits per heavy atom. The van der Waals surface area contributed by atoms with Crippen molar-refractivity contribution in [3.05, 3.63) is 21.9 Å². The van der Waals surface area contributed by atoms with E-state index in [2.05, 4.69) is 18.4 Å². The molecule has 0 bridgehead atoms. The number of aryl methyl sites for hydroxylation is 1. The smallest absolute Gasteiger partial charge is 0.402 e. The molecule has 0 amide bonds. The summed E-state index contributed by atoms with van der Waals surface area (Å²) in [6.07, 6.45) is 0. The van der Waals surface area contributed by atoms with Crippen LogP contribution in [-0.4, -0.2) is 18.3 Å². The summed E-state index contributed by atoms with van der Waals surface area (Å²) in [6, 6.07) is 2.07. The van der Waals surface area contributed by atoms with E-state index in [9.17, 15) is 0 Å². The molecule has 0 unspecified atom stereocenters. The highest BCUT2D eigenvalue weighted by molar-refractivity contribution is 7.10. The molecule has 2 rings (SSSR count). The summed E-state index contributed by atoms with van der Waals surface area (Å²) in [5, 5.41) is 2.05. The van der Waals surface area contributed by atoms with Crippen molar-refractivity contribution < 1.29 is 9.31 Å². The Kier molecular flexibility index (Phi) is 3.15. The molecule has 0 aliphatic carbocycles. The Morgan fingerprint density at radius 1 is 1.24 bits per heavy atom. The summed E-state index contributed by atoms with van der Waals surface area (Å²) in [7, 11) is -0.364. The van der Waals surface area contributed by atoms with Crippen molar-refractivity contribution in [2.75, 3.05) is 0 Å². The van der Waals surface area contributed by atoms with Crippen LogP contribution in [0.1, 0.15) is 44.1 Å². The van der Waals surface area contributed by atoms with Gasteiger partial charge in [0.05, 0.1) is 17.1 Å². The van der Waals surface area contributed by atoms with Crippen LogP contribution in [0.5, 0.6) is 0 Å². The molecule has 1 fully saturated rings. The van der Waals surface area contributed by atoms with E-state index in [1.165, 1.54) is 5.56 Å². The third kappa shape index (κ3) is 2.17. The largest absolute Gasteiger partial charge is 0.481 e. The zero-order valence-corrected chi connectivity index (χ0v) is 11.9. The quantitative estimate of drug-likeness (QED) is 0.824. The predicted molar refractivity (Wildman–Crippen MR) is 72.1 cm³/mol. The minimum absolute atomic E-state index is 0.212. The van der Waals surface area contributed by atoms with Gasteiger partial charge in [-0.15, -0.1) is 11.3 Å². The predicted octanol–water partition coefficient (Wildman–Crippen LogP) is 2.69. The summed E-state index contributed by atoms with van der Waals surface area (Å²) >= 11 is 1.66. The van der Waals surface area contributed by atoms with Gasteiger partial charge in [-0.25, -0.2) is 0 Å². The first-order valence-corrected chi connectivity index (χ1v) is 6.78. The maximum Gasteiger partial charge on any atom is 0.481 e. The minimum atomic E-state index is -0.364. The van der Waals surface area contributed by atoms with Crippen LogP contribution in [0, 0.1) is 6.92 Å². The van der Waals surface area contributed by atoms with Crippen molar-refractivity contribution >= 4 is 18.5 Å².